The molecule has 0 atom stereocenters. The quantitative estimate of drug-likeness (QED) is 0.800. The number of carbonyl (C=O) groups is 1. The molecule has 0 saturated carbocycles. The lowest BCUT2D eigenvalue weighted by Crippen LogP contribution is -2.39. The molecule has 6 nitrogen and oxygen atoms in total. The summed E-state index contributed by atoms with van der Waals surface area (Å²) in [4.78, 5) is 14.6. The van der Waals surface area contributed by atoms with E-state index in [1.807, 2.05) is 4.90 Å². The number of hydrogen-bond acceptors (Lipinski definition) is 4. The molecule has 8 heteroatoms. The van der Waals surface area contributed by atoms with Gasteiger partial charge in [-0.2, -0.15) is 0 Å². The van der Waals surface area contributed by atoms with E-state index in [4.69, 9.17) is 0 Å². The first-order chi connectivity index (χ1) is 13.3. The zero-order chi connectivity index (χ0) is 20.3. The SMILES string of the molecule is CN(C)S(=O)(=O)c1ccccc1CNC(=O)CN1CCCc2cc(F)ccc21. The summed E-state index contributed by atoms with van der Waals surface area (Å²) < 4.78 is 39.5. The highest BCUT2D eigenvalue weighted by Gasteiger charge is 2.22. The number of carbonyl (C=O) groups excluding carboxylic acids is 1. The third-order valence-electron chi connectivity index (χ3n) is 4.80. The number of aryl methyl sites for hydroxylation is 1. The Kier molecular flexibility index (Phi) is 6.00. The number of rotatable bonds is 6. The van der Waals surface area contributed by atoms with Crippen LogP contribution >= 0.6 is 0 Å². The van der Waals surface area contributed by atoms with Crippen LogP contribution in [0.5, 0.6) is 0 Å². The van der Waals surface area contributed by atoms with Gasteiger partial charge in [0.15, 0.2) is 0 Å². The Morgan fingerprint density at radius 2 is 1.96 bits per heavy atom. The van der Waals surface area contributed by atoms with Crippen LogP contribution in [0.3, 0.4) is 0 Å². The third-order valence-corrected chi connectivity index (χ3v) is 6.71. The Morgan fingerprint density at radius 1 is 1.21 bits per heavy atom. The summed E-state index contributed by atoms with van der Waals surface area (Å²) in [6.45, 7) is 0.977. The van der Waals surface area contributed by atoms with E-state index in [-0.39, 0.29) is 29.7 Å². The van der Waals surface area contributed by atoms with Crippen LogP contribution in [0.25, 0.3) is 0 Å². The normalized spacial score (nSPS) is 14.1. The highest BCUT2D eigenvalue weighted by atomic mass is 32.2. The van der Waals surface area contributed by atoms with Gasteiger partial charge < -0.3 is 10.2 Å². The summed E-state index contributed by atoms with van der Waals surface area (Å²) in [6.07, 6.45) is 1.65. The second-order valence-corrected chi connectivity index (χ2v) is 9.09. The molecule has 28 heavy (non-hydrogen) atoms. The Bertz CT molecular complexity index is 976. The number of amides is 1. The number of halogens is 1. The van der Waals surface area contributed by atoms with Crippen molar-refractivity contribution in [2.45, 2.75) is 24.3 Å². The molecule has 1 aliphatic heterocycles. The number of fused-ring (bicyclic) bond motifs is 1. The molecule has 2 aromatic rings. The standard InChI is InChI=1S/C20H24FN3O3S/c1-23(2)28(26,27)19-8-4-3-6-16(19)13-22-20(25)14-24-11-5-7-15-12-17(21)9-10-18(15)24/h3-4,6,8-10,12H,5,7,11,13-14H2,1-2H3,(H,22,25). The lowest BCUT2D eigenvalue weighted by molar-refractivity contribution is -0.119. The van der Waals surface area contributed by atoms with Gasteiger partial charge >= 0.3 is 0 Å². The summed E-state index contributed by atoms with van der Waals surface area (Å²) in [6, 6.07) is 11.2. The molecule has 0 spiro atoms. The van der Waals surface area contributed by atoms with Crippen LogP contribution in [-0.4, -0.2) is 45.8 Å². The Morgan fingerprint density at radius 3 is 2.71 bits per heavy atom. The summed E-state index contributed by atoms with van der Waals surface area (Å²) in [5, 5.41) is 2.80. The zero-order valence-electron chi connectivity index (χ0n) is 16.0. The van der Waals surface area contributed by atoms with Gasteiger partial charge in [0.05, 0.1) is 11.4 Å². The van der Waals surface area contributed by atoms with Gasteiger partial charge in [0.25, 0.3) is 0 Å². The maximum atomic E-state index is 13.4. The van der Waals surface area contributed by atoms with Crippen molar-refractivity contribution >= 4 is 21.6 Å². The minimum absolute atomic E-state index is 0.117. The van der Waals surface area contributed by atoms with E-state index in [1.54, 1.807) is 24.3 Å². The maximum Gasteiger partial charge on any atom is 0.242 e. The number of benzene rings is 2. The molecule has 0 aromatic heterocycles. The minimum Gasteiger partial charge on any atom is -0.362 e. The van der Waals surface area contributed by atoms with Crippen molar-refractivity contribution in [2.75, 3.05) is 32.1 Å². The molecule has 1 amide bonds. The van der Waals surface area contributed by atoms with Crippen molar-refractivity contribution in [3.05, 3.63) is 59.4 Å². The lowest BCUT2D eigenvalue weighted by Gasteiger charge is -2.30. The van der Waals surface area contributed by atoms with Gasteiger partial charge in [0, 0.05) is 32.9 Å². The van der Waals surface area contributed by atoms with Gasteiger partial charge in [-0.05, 0) is 48.2 Å². The monoisotopic (exact) mass is 405 g/mol. The van der Waals surface area contributed by atoms with Crippen molar-refractivity contribution in [3.63, 3.8) is 0 Å². The zero-order valence-corrected chi connectivity index (χ0v) is 16.8. The average Bonchev–Trinajstić information content (AvgIpc) is 2.66. The summed E-state index contributed by atoms with van der Waals surface area (Å²) >= 11 is 0. The van der Waals surface area contributed by atoms with Gasteiger partial charge in [-0.15, -0.1) is 0 Å². The molecule has 1 N–H and O–H groups in total. The number of anilines is 1. The maximum absolute atomic E-state index is 13.4. The van der Waals surface area contributed by atoms with E-state index >= 15 is 0 Å². The van der Waals surface area contributed by atoms with Crippen LogP contribution in [0.15, 0.2) is 47.4 Å². The van der Waals surface area contributed by atoms with Gasteiger partial charge in [-0.25, -0.2) is 17.1 Å². The van der Waals surface area contributed by atoms with Crippen molar-refractivity contribution in [1.29, 1.82) is 0 Å². The van der Waals surface area contributed by atoms with Gasteiger partial charge in [-0.1, -0.05) is 18.2 Å². The predicted octanol–water partition coefficient (Wildman–Crippen LogP) is 2.14. The summed E-state index contributed by atoms with van der Waals surface area (Å²) in [5.74, 6) is -0.488. The second kappa shape index (κ2) is 8.28. The Balaban J connectivity index is 1.69. The van der Waals surface area contributed by atoms with E-state index in [0.29, 0.717) is 5.56 Å². The number of nitrogens with zero attached hydrogens (tertiary/aromatic N) is 2. The van der Waals surface area contributed by atoms with Crippen molar-refractivity contribution < 1.29 is 17.6 Å². The van der Waals surface area contributed by atoms with Crippen LogP contribution in [0.4, 0.5) is 10.1 Å². The number of hydrogen-bond donors (Lipinski definition) is 1. The molecule has 0 radical (unpaired) electrons. The van der Waals surface area contributed by atoms with E-state index < -0.39 is 10.0 Å². The molecule has 0 saturated heterocycles. The van der Waals surface area contributed by atoms with E-state index in [9.17, 15) is 17.6 Å². The second-order valence-electron chi connectivity index (χ2n) is 6.97. The average molecular weight is 405 g/mol. The van der Waals surface area contributed by atoms with Crippen LogP contribution in [0.1, 0.15) is 17.5 Å². The molecule has 0 unspecified atom stereocenters. The lowest BCUT2D eigenvalue weighted by atomic mass is 10.0. The highest BCUT2D eigenvalue weighted by molar-refractivity contribution is 7.89. The third kappa shape index (κ3) is 4.34. The Hall–Kier alpha value is -2.45. The molecule has 1 heterocycles. The van der Waals surface area contributed by atoms with E-state index in [2.05, 4.69) is 5.32 Å². The summed E-state index contributed by atoms with van der Waals surface area (Å²) in [5.41, 5.74) is 2.31. The fraction of sp³-hybridized carbons (Fsp3) is 0.350. The largest absolute Gasteiger partial charge is 0.362 e. The Labute approximate surface area is 165 Å². The van der Waals surface area contributed by atoms with Gasteiger partial charge in [0.2, 0.25) is 15.9 Å². The van der Waals surface area contributed by atoms with Crippen molar-refractivity contribution in [1.82, 2.24) is 9.62 Å². The summed E-state index contributed by atoms with van der Waals surface area (Å²) in [7, 11) is -0.644. The van der Waals surface area contributed by atoms with E-state index in [0.717, 1.165) is 34.9 Å². The first-order valence-electron chi connectivity index (χ1n) is 9.09. The van der Waals surface area contributed by atoms with Gasteiger partial charge in [0.1, 0.15) is 5.82 Å². The highest BCUT2D eigenvalue weighted by Crippen LogP contribution is 2.27. The molecule has 0 aliphatic carbocycles. The topological polar surface area (TPSA) is 69.7 Å². The van der Waals surface area contributed by atoms with Crippen molar-refractivity contribution in [2.24, 2.45) is 0 Å². The first-order valence-corrected chi connectivity index (χ1v) is 10.5. The van der Waals surface area contributed by atoms with E-state index in [1.165, 1.54) is 32.3 Å². The van der Waals surface area contributed by atoms with Crippen molar-refractivity contribution in [3.8, 4) is 0 Å². The predicted molar refractivity (Wildman–Crippen MR) is 106 cm³/mol. The van der Waals surface area contributed by atoms with Gasteiger partial charge in [-0.3, -0.25) is 4.79 Å². The van der Waals surface area contributed by atoms with Crippen LogP contribution in [0.2, 0.25) is 0 Å². The fourth-order valence-electron chi connectivity index (χ4n) is 3.33. The van der Waals surface area contributed by atoms with Crippen LogP contribution in [0, 0.1) is 5.82 Å². The minimum atomic E-state index is -3.59. The molecule has 2 aromatic carbocycles. The first kappa shape index (κ1) is 20.3. The molecule has 0 fully saturated rings. The fourth-order valence-corrected chi connectivity index (χ4v) is 4.44. The number of nitrogens with one attached hydrogen (secondary N) is 1. The molecule has 150 valence electrons. The van der Waals surface area contributed by atoms with Crippen LogP contribution in [-0.2, 0) is 27.8 Å². The molecular weight excluding hydrogens is 381 g/mol. The molecule has 1 aliphatic rings. The molecular formula is C20H24FN3O3S. The smallest absolute Gasteiger partial charge is 0.242 e. The molecule has 3 rings (SSSR count). The van der Waals surface area contributed by atoms with Crippen LogP contribution < -0.4 is 10.2 Å². The number of sulfonamides is 1. The molecule has 0 bridgehead atoms.